The van der Waals surface area contributed by atoms with Gasteiger partial charge in [0, 0.05) is 19.2 Å². The lowest BCUT2D eigenvalue weighted by Crippen LogP contribution is -2.32. The van der Waals surface area contributed by atoms with Gasteiger partial charge in [0.15, 0.2) is 0 Å². The molecule has 0 saturated heterocycles. The summed E-state index contributed by atoms with van der Waals surface area (Å²) in [5.74, 6) is -1.46. The molecule has 0 radical (unpaired) electrons. The van der Waals surface area contributed by atoms with E-state index in [1.807, 2.05) is 0 Å². The number of nitrogens with zero attached hydrogens (tertiary/aromatic N) is 3. The van der Waals surface area contributed by atoms with Crippen LogP contribution < -0.4 is 0 Å². The number of nitro groups is 2. The molecule has 1 aromatic carbocycles. The highest BCUT2D eigenvalue weighted by atomic mass is 16.6. The maximum Gasteiger partial charge on any atom is 0.325 e. The fraction of sp³-hybridized carbons (Fsp3) is 0.273. The molecule has 1 rings (SSSR count). The fourth-order valence-electron chi connectivity index (χ4n) is 1.48. The lowest BCUT2D eigenvalue weighted by atomic mass is 10.1. The zero-order valence-corrected chi connectivity index (χ0v) is 11.1. The molecule has 0 aromatic heterocycles. The SMILES string of the molecule is COC(=O)CN(C)C(=O)c1cc([N+](=O)[O-])cc([N+](=O)[O-])c1. The van der Waals surface area contributed by atoms with Crippen molar-refractivity contribution in [2.45, 2.75) is 0 Å². The molecule has 1 aromatic rings. The second-order valence-electron chi connectivity index (χ2n) is 3.99. The Hall–Kier alpha value is -3.04. The van der Waals surface area contributed by atoms with E-state index in [0.29, 0.717) is 0 Å². The Morgan fingerprint density at radius 2 is 1.62 bits per heavy atom. The minimum atomic E-state index is -0.843. The van der Waals surface area contributed by atoms with Crippen LogP contribution in [0.15, 0.2) is 18.2 Å². The van der Waals surface area contributed by atoms with Crippen LogP contribution in [0.2, 0.25) is 0 Å². The summed E-state index contributed by atoms with van der Waals surface area (Å²) in [5, 5.41) is 21.5. The van der Waals surface area contributed by atoms with Crippen molar-refractivity contribution in [2.75, 3.05) is 20.7 Å². The Kier molecular flexibility index (Phi) is 4.89. The molecular weight excluding hydrogens is 286 g/mol. The molecule has 21 heavy (non-hydrogen) atoms. The van der Waals surface area contributed by atoms with Gasteiger partial charge in [0.1, 0.15) is 6.54 Å². The smallest absolute Gasteiger partial charge is 0.325 e. The van der Waals surface area contributed by atoms with E-state index in [2.05, 4.69) is 4.74 Å². The van der Waals surface area contributed by atoms with Gasteiger partial charge in [-0.25, -0.2) is 0 Å². The topological polar surface area (TPSA) is 133 Å². The van der Waals surface area contributed by atoms with Crippen LogP contribution in [-0.4, -0.2) is 47.3 Å². The molecule has 0 N–H and O–H groups in total. The average molecular weight is 297 g/mol. The summed E-state index contributed by atoms with van der Waals surface area (Å²) >= 11 is 0. The van der Waals surface area contributed by atoms with Gasteiger partial charge in [0.05, 0.1) is 28.6 Å². The summed E-state index contributed by atoms with van der Waals surface area (Å²) in [5.41, 5.74) is -1.43. The van der Waals surface area contributed by atoms with Gasteiger partial charge < -0.3 is 9.64 Å². The second-order valence-corrected chi connectivity index (χ2v) is 3.99. The van der Waals surface area contributed by atoms with Crippen molar-refractivity contribution in [3.05, 3.63) is 44.0 Å². The number of amides is 1. The van der Waals surface area contributed by atoms with Crippen LogP contribution in [0.5, 0.6) is 0 Å². The Morgan fingerprint density at radius 3 is 2.00 bits per heavy atom. The molecule has 10 heteroatoms. The molecule has 112 valence electrons. The lowest BCUT2D eigenvalue weighted by Gasteiger charge is -2.15. The number of likely N-dealkylation sites (N-methyl/N-ethyl adjacent to an activating group) is 1. The van der Waals surface area contributed by atoms with Crippen LogP contribution >= 0.6 is 0 Å². The number of esters is 1. The number of benzene rings is 1. The zero-order valence-electron chi connectivity index (χ0n) is 11.1. The van der Waals surface area contributed by atoms with E-state index in [-0.39, 0.29) is 12.1 Å². The summed E-state index contributed by atoms with van der Waals surface area (Å²) in [6.07, 6.45) is 0. The fourth-order valence-corrected chi connectivity index (χ4v) is 1.48. The normalized spacial score (nSPS) is 9.81. The van der Waals surface area contributed by atoms with Crippen molar-refractivity contribution in [3.63, 3.8) is 0 Å². The minimum Gasteiger partial charge on any atom is -0.468 e. The van der Waals surface area contributed by atoms with E-state index in [9.17, 15) is 29.8 Å². The highest BCUT2D eigenvalue weighted by Gasteiger charge is 2.22. The molecule has 0 atom stereocenters. The van der Waals surface area contributed by atoms with Crippen LogP contribution in [0.1, 0.15) is 10.4 Å². The first-order chi connectivity index (χ1) is 9.76. The summed E-state index contributed by atoms with van der Waals surface area (Å²) in [4.78, 5) is 43.8. The van der Waals surface area contributed by atoms with E-state index in [4.69, 9.17) is 0 Å². The minimum absolute atomic E-state index is 0.262. The van der Waals surface area contributed by atoms with Gasteiger partial charge in [-0.15, -0.1) is 0 Å². The molecule has 0 spiro atoms. The molecule has 0 fully saturated rings. The van der Waals surface area contributed by atoms with Gasteiger partial charge in [-0.05, 0) is 0 Å². The van der Waals surface area contributed by atoms with E-state index in [1.54, 1.807) is 0 Å². The summed E-state index contributed by atoms with van der Waals surface area (Å²) in [6, 6.07) is 2.56. The number of nitro benzene ring substituents is 2. The van der Waals surface area contributed by atoms with Gasteiger partial charge in [-0.2, -0.15) is 0 Å². The first-order valence-corrected chi connectivity index (χ1v) is 5.52. The Morgan fingerprint density at radius 1 is 1.14 bits per heavy atom. The average Bonchev–Trinajstić information content (AvgIpc) is 2.45. The number of carbonyl (C=O) groups is 2. The first kappa shape index (κ1) is 16.0. The lowest BCUT2D eigenvalue weighted by molar-refractivity contribution is -0.394. The van der Waals surface area contributed by atoms with E-state index in [0.717, 1.165) is 30.2 Å². The Balaban J connectivity index is 3.16. The van der Waals surface area contributed by atoms with Gasteiger partial charge in [-0.1, -0.05) is 0 Å². The van der Waals surface area contributed by atoms with Gasteiger partial charge >= 0.3 is 5.97 Å². The maximum absolute atomic E-state index is 12.0. The molecule has 0 heterocycles. The third-order valence-electron chi connectivity index (χ3n) is 2.51. The van der Waals surface area contributed by atoms with Crippen LogP contribution in [0.3, 0.4) is 0 Å². The molecule has 0 unspecified atom stereocenters. The molecule has 1 amide bonds. The zero-order chi connectivity index (χ0) is 16.2. The number of hydrogen-bond donors (Lipinski definition) is 0. The van der Waals surface area contributed by atoms with E-state index < -0.39 is 33.1 Å². The van der Waals surface area contributed by atoms with Crippen molar-refractivity contribution in [1.29, 1.82) is 0 Å². The van der Waals surface area contributed by atoms with Crippen molar-refractivity contribution < 1.29 is 24.2 Å². The largest absolute Gasteiger partial charge is 0.468 e. The highest BCUT2D eigenvalue weighted by molar-refractivity contribution is 5.97. The monoisotopic (exact) mass is 297 g/mol. The standard InChI is InChI=1S/C11H11N3O7/c1-12(6-10(15)21-2)11(16)7-3-8(13(17)18)5-9(4-7)14(19)20/h3-5H,6H2,1-2H3. The number of non-ortho nitro benzene ring substituents is 2. The third kappa shape index (κ3) is 3.96. The Bertz CT molecular complexity index is 582. The summed E-state index contributed by atoms with van der Waals surface area (Å²) in [7, 11) is 2.41. The number of methoxy groups -OCH3 is 1. The van der Waals surface area contributed by atoms with Crippen molar-refractivity contribution in [3.8, 4) is 0 Å². The highest BCUT2D eigenvalue weighted by Crippen LogP contribution is 2.23. The number of hydrogen-bond acceptors (Lipinski definition) is 7. The molecule has 0 aliphatic rings. The van der Waals surface area contributed by atoms with Crippen LogP contribution in [-0.2, 0) is 9.53 Å². The first-order valence-electron chi connectivity index (χ1n) is 5.52. The summed E-state index contributed by atoms with van der Waals surface area (Å²) < 4.78 is 4.38. The second kappa shape index (κ2) is 6.41. The van der Waals surface area contributed by atoms with Gasteiger partial charge in [-0.3, -0.25) is 29.8 Å². The number of ether oxygens (including phenoxy) is 1. The van der Waals surface area contributed by atoms with Gasteiger partial charge in [0.25, 0.3) is 17.3 Å². The molecular formula is C11H11N3O7. The molecule has 0 aliphatic carbocycles. The number of carbonyl (C=O) groups excluding carboxylic acids is 2. The molecule has 0 bridgehead atoms. The quantitative estimate of drug-likeness (QED) is 0.444. The maximum atomic E-state index is 12.0. The third-order valence-corrected chi connectivity index (χ3v) is 2.51. The van der Waals surface area contributed by atoms with Crippen molar-refractivity contribution in [1.82, 2.24) is 4.90 Å². The predicted molar refractivity (Wildman–Crippen MR) is 68.7 cm³/mol. The molecule has 0 saturated carbocycles. The van der Waals surface area contributed by atoms with Crippen molar-refractivity contribution in [2.24, 2.45) is 0 Å². The molecule has 0 aliphatic heterocycles. The Labute approximate surface area is 118 Å². The van der Waals surface area contributed by atoms with Gasteiger partial charge in [0.2, 0.25) is 0 Å². The molecule has 10 nitrogen and oxygen atoms in total. The number of rotatable bonds is 5. The van der Waals surface area contributed by atoms with E-state index in [1.165, 1.54) is 7.05 Å². The van der Waals surface area contributed by atoms with Crippen molar-refractivity contribution >= 4 is 23.3 Å². The van der Waals surface area contributed by atoms with Crippen LogP contribution in [0.25, 0.3) is 0 Å². The predicted octanol–water partition coefficient (Wildman–Crippen LogP) is 0.748. The van der Waals surface area contributed by atoms with E-state index >= 15 is 0 Å². The van der Waals surface area contributed by atoms with Crippen LogP contribution in [0.4, 0.5) is 11.4 Å². The van der Waals surface area contributed by atoms with Crippen LogP contribution in [0, 0.1) is 20.2 Å². The summed E-state index contributed by atoms with van der Waals surface area (Å²) in [6.45, 7) is -0.383.